The predicted octanol–water partition coefficient (Wildman–Crippen LogP) is 4.29. The number of benzene rings is 2. The van der Waals surface area contributed by atoms with Crippen LogP contribution in [0.2, 0.25) is 0 Å². The van der Waals surface area contributed by atoms with Crippen LogP contribution in [-0.2, 0) is 13.0 Å². The van der Waals surface area contributed by atoms with E-state index in [9.17, 15) is 0 Å². The van der Waals surface area contributed by atoms with Crippen molar-refractivity contribution in [2.75, 3.05) is 7.11 Å². The summed E-state index contributed by atoms with van der Waals surface area (Å²) in [6.45, 7) is 0.815. The number of imidazole rings is 1. The molecule has 3 nitrogen and oxygen atoms in total. The zero-order valence-corrected chi connectivity index (χ0v) is 14.0. The molecule has 0 N–H and O–H groups in total. The van der Waals surface area contributed by atoms with Gasteiger partial charge in [0, 0.05) is 29.8 Å². The van der Waals surface area contributed by atoms with Crippen molar-refractivity contribution in [3.8, 4) is 5.75 Å². The molecular weight excluding hydrogens is 340 g/mol. The van der Waals surface area contributed by atoms with Gasteiger partial charge in [0.25, 0.3) is 0 Å². The first-order valence-corrected chi connectivity index (χ1v) is 7.91. The molecule has 0 aliphatic carbocycles. The molecule has 0 saturated heterocycles. The van der Waals surface area contributed by atoms with Crippen molar-refractivity contribution in [3.63, 3.8) is 0 Å². The first-order chi connectivity index (χ1) is 10.7. The minimum Gasteiger partial charge on any atom is -0.497 e. The fourth-order valence-corrected chi connectivity index (χ4v) is 2.63. The topological polar surface area (TPSA) is 27.1 Å². The molecule has 3 rings (SSSR count). The molecule has 0 unspecified atom stereocenters. The van der Waals surface area contributed by atoms with Gasteiger partial charge in [-0.05, 0) is 35.4 Å². The van der Waals surface area contributed by atoms with Crippen molar-refractivity contribution >= 4 is 15.9 Å². The smallest absolute Gasteiger partial charge is 0.118 e. The van der Waals surface area contributed by atoms with Gasteiger partial charge in [-0.15, -0.1) is 0 Å². The van der Waals surface area contributed by atoms with E-state index in [-0.39, 0.29) is 0 Å². The number of methoxy groups -OCH3 is 1. The summed E-state index contributed by atoms with van der Waals surface area (Å²) in [4.78, 5) is 4.49. The van der Waals surface area contributed by atoms with E-state index in [1.54, 1.807) is 7.11 Å². The second-order valence-corrected chi connectivity index (χ2v) is 6.04. The van der Waals surface area contributed by atoms with E-state index < -0.39 is 0 Å². The summed E-state index contributed by atoms with van der Waals surface area (Å²) in [5.74, 6) is 1.95. The van der Waals surface area contributed by atoms with Crippen LogP contribution in [-0.4, -0.2) is 16.7 Å². The van der Waals surface area contributed by atoms with Crippen LogP contribution in [0.1, 0.15) is 17.0 Å². The molecule has 0 aliphatic rings. The van der Waals surface area contributed by atoms with Crippen LogP contribution in [0.5, 0.6) is 5.75 Å². The summed E-state index contributed by atoms with van der Waals surface area (Å²) in [5, 5.41) is 0. The lowest BCUT2D eigenvalue weighted by Gasteiger charge is -2.09. The normalized spacial score (nSPS) is 10.6. The van der Waals surface area contributed by atoms with Gasteiger partial charge in [0.15, 0.2) is 0 Å². The van der Waals surface area contributed by atoms with Crippen LogP contribution in [0, 0.1) is 0 Å². The van der Waals surface area contributed by atoms with Crippen LogP contribution in [0.15, 0.2) is 65.4 Å². The molecule has 0 spiro atoms. The maximum Gasteiger partial charge on any atom is 0.118 e. The molecule has 0 radical (unpaired) electrons. The van der Waals surface area contributed by atoms with Crippen molar-refractivity contribution < 1.29 is 4.74 Å². The number of nitrogens with zero attached hydrogens (tertiary/aromatic N) is 2. The number of hydrogen-bond donors (Lipinski definition) is 0. The van der Waals surface area contributed by atoms with Crippen molar-refractivity contribution in [2.45, 2.75) is 13.0 Å². The van der Waals surface area contributed by atoms with E-state index in [2.05, 4.69) is 61.9 Å². The molecule has 0 saturated carbocycles. The fourth-order valence-electron chi connectivity index (χ4n) is 2.36. The Bertz CT molecular complexity index is 733. The summed E-state index contributed by atoms with van der Waals surface area (Å²) < 4.78 is 8.47. The molecule has 1 heterocycles. The van der Waals surface area contributed by atoms with Gasteiger partial charge in [0.2, 0.25) is 0 Å². The number of halogens is 1. The van der Waals surface area contributed by atoms with Gasteiger partial charge in [-0.3, -0.25) is 0 Å². The van der Waals surface area contributed by atoms with Gasteiger partial charge in [0.1, 0.15) is 11.6 Å². The molecule has 3 aromatic rings. The van der Waals surface area contributed by atoms with Crippen LogP contribution in [0.3, 0.4) is 0 Å². The quantitative estimate of drug-likeness (QED) is 0.681. The van der Waals surface area contributed by atoms with E-state index in [4.69, 9.17) is 4.74 Å². The predicted molar refractivity (Wildman–Crippen MR) is 91.3 cm³/mol. The lowest BCUT2D eigenvalue weighted by Crippen LogP contribution is -2.05. The molecule has 0 bridgehead atoms. The highest BCUT2D eigenvalue weighted by Gasteiger charge is 2.05. The third kappa shape index (κ3) is 3.57. The molecule has 0 atom stereocenters. The van der Waals surface area contributed by atoms with Gasteiger partial charge >= 0.3 is 0 Å². The second-order valence-electron chi connectivity index (χ2n) is 5.12. The number of ether oxygens (including phenoxy) is 1. The molecule has 112 valence electrons. The SMILES string of the molecule is COc1ccc(Cn2ccnc2Cc2ccc(Br)cc2)cc1. The largest absolute Gasteiger partial charge is 0.497 e. The van der Waals surface area contributed by atoms with Crippen LogP contribution in [0.4, 0.5) is 0 Å². The van der Waals surface area contributed by atoms with E-state index in [0.29, 0.717) is 0 Å². The third-order valence-corrected chi connectivity index (χ3v) is 4.12. The first-order valence-electron chi connectivity index (χ1n) is 7.12. The Kier molecular flexibility index (Phi) is 4.59. The molecule has 1 aromatic heterocycles. The standard InChI is InChI=1S/C18H17BrN2O/c1-22-17-8-4-15(5-9-17)13-21-11-10-20-18(21)12-14-2-6-16(19)7-3-14/h2-11H,12-13H2,1H3. The van der Waals surface area contributed by atoms with Crippen molar-refractivity contribution in [1.82, 2.24) is 9.55 Å². The minimum absolute atomic E-state index is 0.815. The Hall–Kier alpha value is -2.07. The molecule has 0 aliphatic heterocycles. The van der Waals surface area contributed by atoms with E-state index in [1.807, 2.05) is 24.5 Å². The maximum atomic E-state index is 5.19. The molecule has 4 heteroatoms. The Morgan fingerprint density at radius 3 is 2.36 bits per heavy atom. The van der Waals surface area contributed by atoms with Gasteiger partial charge in [-0.2, -0.15) is 0 Å². The number of hydrogen-bond acceptors (Lipinski definition) is 2. The highest BCUT2D eigenvalue weighted by molar-refractivity contribution is 9.10. The average molecular weight is 357 g/mol. The molecular formula is C18H17BrN2O. The highest BCUT2D eigenvalue weighted by Crippen LogP contribution is 2.16. The summed E-state index contributed by atoms with van der Waals surface area (Å²) in [6, 6.07) is 16.5. The summed E-state index contributed by atoms with van der Waals surface area (Å²) >= 11 is 3.46. The third-order valence-electron chi connectivity index (χ3n) is 3.59. The van der Waals surface area contributed by atoms with Gasteiger partial charge < -0.3 is 9.30 Å². The van der Waals surface area contributed by atoms with Crippen LogP contribution >= 0.6 is 15.9 Å². The number of aromatic nitrogens is 2. The summed E-state index contributed by atoms with van der Waals surface area (Å²) in [6.07, 6.45) is 4.71. The van der Waals surface area contributed by atoms with Gasteiger partial charge in [-0.25, -0.2) is 4.98 Å². The van der Waals surface area contributed by atoms with Gasteiger partial charge in [-0.1, -0.05) is 40.2 Å². The molecule has 2 aromatic carbocycles. The lowest BCUT2D eigenvalue weighted by molar-refractivity contribution is 0.414. The average Bonchev–Trinajstić information content (AvgIpc) is 2.97. The molecule has 22 heavy (non-hydrogen) atoms. The Morgan fingerprint density at radius 2 is 1.68 bits per heavy atom. The Labute approximate surface area is 138 Å². The van der Waals surface area contributed by atoms with Crippen LogP contribution < -0.4 is 4.74 Å². The molecule has 0 amide bonds. The number of rotatable bonds is 5. The lowest BCUT2D eigenvalue weighted by atomic mass is 10.1. The van der Waals surface area contributed by atoms with Crippen molar-refractivity contribution in [2.24, 2.45) is 0 Å². The minimum atomic E-state index is 0.815. The zero-order chi connectivity index (χ0) is 15.4. The molecule has 0 fully saturated rings. The zero-order valence-electron chi connectivity index (χ0n) is 12.4. The summed E-state index contributed by atoms with van der Waals surface area (Å²) in [7, 11) is 1.68. The van der Waals surface area contributed by atoms with Gasteiger partial charge in [0.05, 0.1) is 7.11 Å². The summed E-state index contributed by atoms with van der Waals surface area (Å²) in [5.41, 5.74) is 2.49. The Balaban J connectivity index is 1.75. The highest BCUT2D eigenvalue weighted by atomic mass is 79.9. The monoisotopic (exact) mass is 356 g/mol. The van der Waals surface area contributed by atoms with E-state index in [0.717, 1.165) is 29.0 Å². The van der Waals surface area contributed by atoms with E-state index in [1.165, 1.54) is 11.1 Å². The van der Waals surface area contributed by atoms with Crippen molar-refractivity contribution in [3.05, 3.63) is 82.3 Å². The first kappa shape index (κ1) is 14.9. The van der Waals surface area contributed by atoms with Crippen LogP contribution in [0.25, 0.3) is 0 Å². The Morgan fingerprint density at radius 1 is 1.00 bits per heavy atom. The fraction of sp³-hybridized carbons (Fsp3) is 0.167. The second kappa shape index (κ2) is 6.79. The van der Waals surface area contributed by atoms with Crippen molar-refractivity contribution in [1.29, 1.82) is 0 Å². The van der Waals surface area contributed by atoms with E-state index >= 15 is 0 Å². The maximum absolute atomic E-state index is 5.19.